The zero-order valence-corrected chi connectivity index (χ0v) is 23.3. The summed E-state index contributed by atoms with van der Waals surface area (Å²) in [5, 5.41) is 0. The first-order valence-corrected chi connectivity index (χ1v) is 14.6. The molecule has 3 saturated carbocycles. The van der Waals surface area contributed by atoms with E-state index in [0.29, 0.717) is 10.8 Å². The molecule has 4 aliphatic rings. The van der Waals surface area contributed by atoms with Crippen LogP contribution in [0.5, 0.6) is 0 Å². The summed E-state index contributed by atoms with van der Waals surface area (Å²) in [5.74, 6) is 5.11. The molecule has 34 heavy (non-hydrogen) atoms. The SMILES string of the molecule is C/C=C(\C)C(=O)O[C@@H]1CC[C@]2(C)C(=CC[C@H]3[C@H]4CC[C@H]([C@@H](C)CCCC(C)C)[C@]4(C)CC[C@H]32)C1. The van der Waals surface area contributed by atoms with Crippen LogP contribution in [0.25, 0.3) is 0 Å². The van der Waals surface area contributed by atoms with E-state index in [0.717, 1.165) is 53.9 Å². The van der Waals surface area contributed by atoms with Crippen molar-refractivity contribution in [2.45, 2.75) is 125 Å². The topological polar surface area (TPSA) is 26.3 Å². The van der Waals surface area contributed by atoms with Gasteiger partial charge in [0.05, 0.1) is 0 Å². The number of hydrogen-bond donors (Lipinski definition) is 0. The van der Waals surface area contributed by atoms with Crippen LogP contribution in [0.15, 0.2) is 23.3 Å². The molecule has 0 radical (unpaired) electrons. The van der Waals surface area contributed by atoms with Crippen LogP contribution in [-0.2, 0) is 9.53 Å². The summed E-state index contributed by atoms with van der Waals surface area (Å²) in [7, 11) is 0. The third-order valence-electron chi connectivity index (χ3n) is 11.3. The third-order valence-corrected chi connectivity index (χ3v) is 11.3. The molecule has 192 valence electrons. The Morgan fingerprint density at radius 3 is 2.56 bits per heavy atom. The van der Waals surface area contributed by atoms with Crippen molar-refractivity contribution in [3.8, 4) is 0 Å². The second kappa shape index (κ2) is 10.1. The molecule has 3 fully saturated rings. The van der Waals surface area contributed by atoms with Gasteiger partial charge in [0, 0.05) is 12.0 Å². The number of carbonyl (C=O) groups excluding carboxylic acids is 1. The lowest BCUT2D eigenvalue weighted by atomic mass is 9.47. The van der Waals surface area contributed by atoms with E-state index in [9.17, 15) is 4.79 Å². The van der Waals surface area contributed by atoms with Gasteiger partial charge in [-0.3, -0.25) is 0 Å². The first-order chi connectivity index (χ1) is 16.1. The summed E-state index contributed by atoms with van der Waals surface area (Å²) in [5.41, 5.74) is 3.21. The van der Waals surface area contributed by atoms with Crippen LogP contribution in [0.2, 0.25) is 0 Å². The molecule has 4 rings (SSSR count). The maximum Gasteiger partial charge on any atom is 0.333 e. The Kier molecular flexibility index (Phi) is 7.76. The first kappa shape index (κ1) is 26.0. The largest absolute Gasteiger partial charge is 0.459 e. The van der Waals surface area contributed by atoms with Crippen molar-refractivity contribution in [1.82, 2.24) is 0 Å². The number of carbonyl (C=O) groups is 1. The Bertz CT molecular complexity index is 806. The third kappa shape index (κ3) is 4.69. The number of esters is 1. The van der Waals surface area contributed by atoms with Crippen LogP contribution in [0.1, 0.15) is 119 Å². The van der Waals surface area contributed by atoms with E-state index in [-0.39, 0.29) is 12.1 Å². The van der Waals surface area contributed by atoms with Gasteiger partial charge in [-0.25, -0.2) is 4.79 Å². The van der Waals surface area contributed by atoms with Crippen molar-refractivity contribution in [2.75, 3.05) is 0 Å². The number of fused-ring (bicyclic) bond motifs is 5. The number of hydrogen-bond acceptors (Lipinski definition) is 2. The summed E-state index contributed by atoms with van der Waals surface area (Å²) in [4.78, 5) is 12.3. The normalized spacial score (nSPS) is 40.8. The van der Waals surface area contributed by atoms with E-state index in [1.165, 1.54) is 57.8 Å². The smallest absolute Gasteiger partial charge is 0.333 e. The molecular formula is C32H52O2. The van der Waals surface area contributed by atoms with Gasteiger partial charge in [-0.05, 0) is 105 Å². The fourth-order valence-electron chi connectivity index (χ4n) is 9.11. The van der Waals surface area contributed by atoms with E-state index < -0.39 is 0 Å². The molecule has 2 nitrogen and oxygen atoms in total. The molecule has 0 aliphatic heterocycles. The predicted octanol–water partition coefficient (Wildman–Crippen LogP) is 8.91. The minimum atomic E-state index is -0.127. The van der Waals surface area contributed by atoms with Crippen LogP contribution in [0, 0.1) is 46.3 Å². The monoisotopic (exact) mass is 468 g/mol. The maximum absolute atomic E-state index is 12.3. The summed E-state index contributed by atoms with van der Waals surface area (Å²) < 4.78 is 5.90. The van der Waals surface area contributed by atoms with Gasteiger partial charge in [-0.1, -0.05) is 71.6 Å². The standard InChI is InChI=1S/C32H52O2/c1-8-22(4)30(33)34-25-16-18-31(6)24(20-25)12-13-26-28-15-14-27(23(5)11-9-10-21(2)3)32(28,7)19-17-29(26)31/h8,12,21,23,25-29H,9-11,13-20H2,1-7H3/b22-8+/t23-,25+,26-,27+,28+,29+,31+,32-/m0/s1. The molecule has 8 atom stereocenters. The quantitative estimate of drug-likeness (QED) is 0.212. The van der Waals surface area contributed by atoms with Gasteiger partial charge in [0.25, 0.3) is 0 Å². The van der Waals surface area contributed by atoms with Crippen LogP contribution >= 0.6 is 0 Å². The molecule has 0 aromatic carbocycles. The number of allylic oxidation sites excluding steroid dienone is 2. The zero-order valence-electron chi connectivity index (χ0n) is 23.3. The van der Waals surface area contributed by atoms with Crippen molar-refractivity contribution >= 4 is 5.97 Å². The van der Waals surface area contributed by atoms with Crippen LogP contribution < -0.4 is 0 Å². The fourth-order valence-corrected chi connectivity index (χ4v) is 9.11. The number of ether oxygens (including phenoxy) is 1. The van der Waals surface area contributed by atoms with Crippen LogP contribution in [-0.4, -0.2) is 12.1 Å². The average Bonchev–Trinajstić information content (AvgIpc) is 3.15. The molecule has 0 bridgehead atoms. The summed E-state index contributed by atoms with van der Waals surface area (Å²) in [6, 6.07) is 0. The van der Waals surface area contributed by atoms with Crippen molar-refractivity contribution in [3.05, 3.63) is 23.3 Å². The molecule has 0 spiro atoms. The van der Waals surface area contributed by atoms with Gasteiger partial charge >= 0.3 is 5.97 Å². The molecule has 0 saturated heterocycles. The lowest BCUT2D eigenvalue weighted by Gasteiger charge is -2.58. The van der Waals surface area contributed by atoms with E-state index in [1.807, 2.05) is 19.9 Å². The van der Waals surface area contributed by atoms with Gasteiger partial charge in [0.15, 0.2) is 0 Å². The van der Waals surface area contributed by atoms with E-state index >= 15 is 0 Å². The van der Waals surface area contributed by atoms with Crippen molar-refractivity contribution in [3.63, 3.8) is 0 Å². The summed E-state index contributed by atoms with van der Waals surface area (Å²) in [6.45, 7) is 16.3. The van der Waals surface area contributed by atoms with Gasteiger partial charge in [0.2, 0.25) is 0 Å². The molecule has 0 heterocycles. The Labute approximate surface area is 210 Å². The van der Waals surface area contributed by atoms with Gasteiger partial charge in [-0.2, -0.15) is 0 Å². The van der Waals surface area contributed by atoms with Gasteiger partial charge in [-0.15, -0.1) is 0 Å². The lowest BCUT2D eigenvalue weighted by Crippen LogP contribution is -2.51. The minimum absolute atomic E-state index is 0.0645. The lowest BCUT2D eigenvalue weighted by molar-refractivity contribution is -0.146. The Balaban J connectivity index is 1.44. The molecule has 0 amide bonds. The average molecular weight is 469 g/mol. The summed E-state index contributed by atoms with van der Waals surface area (Å²) >= 11 is 0. The van der Waals surface area contributed by atoms with Crippen molar-refractivity contribution in [1.29, 1.82) is 0 Å². The van der Waals surface area contributed by atoms with E-state index in [2.05, 4.69) is 40.7 Å². The Hall–Kier alpha value is -1.05. The van der Waals surface area contributed by atoms with Crippen LogP contribution in [0.3, 0.4) is 0 Å². The highest BCUT2D eigenvalue weighted by atomic mass is 16.5. The van der Waals surface area contributed by atoms with E-state index in [1.54, 1.807) is 5.57 Å². The minimum Gasteiger partial charge on any atom is -0.459 e. The second-order valence-electron chi connectivity index (χ2n) is 13.5. The molecule has 0 aromatic heterocycles. The summed E-state index contributed by atoms with van der Waals surface area (Å²) in [6.07, 6.45) is 18.9. The van der Waals surface area contributed by atoms with Gasteiger partial charge < -0.3 is 4.74 Å². The predicted molar refractivity (Wildman–Crippen MR) is 142 cm³/mol. The fraction of sp³-hybridized carbons (Fsp3) is 0.844. The highest BCUT2D eigenvalue weighted by Gasteiger charge is 2.59. The molecular weight excluding hydrogens is 416 g/mol. The van der Waals surface area contributed by atoms with Crippen molar-refractivity contribution < 1.29 is 9.53 Å². The molecule has 0 N–H and O–H groups in total. The molecule has 4 aliphatic carbocycles. The van der Waals surface area contributed by atoms with E-state index in [4.69, 9.17) is 4.74 Å². The Morgan fingerprint density at radius 2 is 1.85 bits per heavy atom. The maximum atomic E-state index is 12.3. The Morgan fingerprint density at radius 1 is 1.09 bits per heavy atom. The number of rotatable bonds is 7. The highest BCUT2D eigenvalue weighted by Crippen LogP contribution is 2.67. The first-order valence-electron chi connectivity index (χ1n) is 14.6. The molecule has 0 aromatic rings. The zero-order chi connectivity index (χ0) is 24.7. The second-order valence-corrected chi connectivity index (χ2v) is 13.5. The van der Waals surface area contributed by atoms with Crippen LogP contribution in [0.4, 0.5) is 0 Å². The van der Waals surface area contributed by atoms with Crippen molar-refractivity contribution in [2.24, 2.45) is 46.3 Å². The van der Waals surface area contributed by atoms with Gasteiger partial charge in [0.1, 0.15) is 6.10 Å². The molecule has 0 unspecified atom stereocenters. The molecule has 2 heteroatoms. The highest BCUT2D eigenvalue weighted by molar-refractivity contribution is 5.87.